The van der Waals surface area contributed by atoms with Crippen molar-refractivity contribution in [1.29, 1.82) is 0 Å². The highest BCUT2D eigenvalue weighted by atomic mass is 35.5. The Morgan fingerprint density at radius 1 is 1.29 bits per heavy atom. The number of amides is 1. The van der Waals surface area contributed by atoms with E-state index in [2.05, 4.69) is 5.32 Å². The van der Waals surface area contributed by atoms with Crippen molar-refractivity contribution in [3.8, 4) is 0 Å². The van der Waals surface area contributed by atoms with Gasteiger partial charge in [0.25, 0.3) is 5.91 Å². The van der Waals surface area contributed by atoms with Crippen molar-refractivity contribution in [2.24, 2.45) is 0 Å². The first-order chi connectivity index (χ1) is 13.2. The van der Waals surface area contributed by atoms with E-state index in [1.54, 1.807) is 18.2 Å². The summed E-state index contributed by atoms with van der Waals surface area (Å²) < 4.78 is 18.3. The van der Waals surface area contributed by atoms with Crippen LogP contribution in [0.4, 0.5) is 15.8 Å². The number of nitro benzene ring substituents is 1. The minimum atomic E-state index is -1.18. The Morgan fingerprint density at radius 3 is 2.64 bits per heavy atom. The van der Waals surface area contributed by atoms with Crippen LogP contribution >= 0.6 is 11.6 Å². The summed E-state index contributed by atoms with van der Waals surface area (Å²) in [4.78, 5) is 33.8. The lowest BCUT2D eigenvalue weighted by Gasteiger charge is -2.12. The Hall–Kier alpha value is -3.26. The molecule has 2 aromatic rings. The van der Waals surface area contributed by atoms with Gasteiger partial charge in [0.2, 0.25) is 5.82 Å². The van der Waals surface area contributed by atoms with E-state index >= 15 is 0 Å². The van der Waals surface area contributed by atoms with Crippen LogP contribution in [-0.2, 0) is 14.3 Å². The molecule has 28 heavy (non-hydrogen) atoms. The summed E-state index contributed by atoms with van der Waals surface area (Å²) in [6.45, 7) is 3.18. The van der Waals surface area contributed by atoms with Gasteiger partial charge in [0, 0.05) is 22.9 Å². The highest BCUT2D eigenvalue weighted by molar-refractivity contribution is 6.31. The standard InChI is InChI=1S/C19H16ClFN2O5/c1-11-3-4-13(9-15(11)20)5-8-18(24)28-12(2)19(25)22-14-6-7-16(21)17(10-14)23(26)27/h3-10,12H,1-2H3,(H,22,25)/b8-5+/t12-/m0/s1. The van der Waals surface area contributed by atoms with E-state index in [4.69, 9.17) is 16.3 Å². The molecule has 2 aromatic carbocycles. The zero-order valence-electron chi connectivity index (χ0n) is 14.9. The van der Waals surface area contributed by atoms with Crippen LogP contribution in [0.15, 0.2) is 42.5 Å². The maximum absolute atomic E-state index is 13.3. The molecular formula is C19H16ClFN2O5. The predicted molar refractivity (Wildman–Crippen MR) is 102 cm³/mol. The molecule has 1 atom stereocenters. The van der Waals surface area contributed by atoms with E-state index in [0.717, 1.165) is 29.8 Å². The summed E-state index contributed by atoms with van der Waals surface area (Å²) in [5.74, 6) is -2.51. The molecule has 7 nitrogen and oxygen atoms in total. The number of nitrogens with one attached hydrogen (secondary N) is 1. The zero-order chi connectivity index (χ0) is 20.8. The number of aryl methyl sites for hydroxylation is 1. The quantitative estimate of drug-likeness (QED) is 0.334. The molecule has 0 saturated heterocycles. The molecular weight excluding hydrogens is 391 g/mol. The normalized spacial score (nSPS) is 11.9. The molecule has 0 aliphatic heterocycles. The number of hydrogen-bond donors (Lipinski definition) is 1. The average Bonchev–Trinajstić information content (AvgIpc) is 2.64. The van der Waals surface area contributed by atoms with Crippen molar-refractivity contribution >= 4 is 40.9 Å². The first-order valence-corrected chi connectivity index (χ1v) is 8.45. The highest BCUT2D eigenvalue weighted by Gasteiger charge is 2.19. The third kappa shape index (κ3) is 5.62. The largest absolute Gasteiger partial charge is 0.449 e. The molecule has 0 aliphatic carbocycles. The summed E-state index contributed by atoms with van der Waals surface area (Å²) >= 11 is 6.00. The van der Waals surface area contributed by atoms with Crippen LogP contribution in [0.1, 0.15) is 18.1 Å². The molecule has 0 fully saturated rings. The van der Waals surface area contributed by atoms with Crippen LogP contribution in [0.3, 0.4) is 0 Å². The smallest absolute Gasteiger partial charge is 0.331 e. The SMILES string of the molecule is Cc1ccc(/C=C/C(=O)O[C@@H](C)C(=O)Nc2ccc(F)c([N+](=O)[O-])c2)cc1Cl. The van der Waals surface area contributed by atoms with Crippen molar-refractivity contribution in [3.63, 3.8) is 0 Å². The van der Waals surface area contributed by atoms with E-state index in [0.29, 0.717) is 10.6 Å². The van der Waals surface area contributed by atoms with Gasteiger partial charge in [0.05, 0.1) is 4.92 Å². The molecule has 0 aromatic heterocycles. The van der Waals surface area contributed by atoms with Gasteiger partial charge >= 0.3 is 11.7 Å². The first kappa shape index (κ1) is 21.0. The van der Waals surface area contributed by atoms with E-state index in [9.17, 15) is 24.1 Å². The Morgan fingerprint density at radius 2 is 2.00 bits per heavy atom. The van der Waals surface area contributed by atoms with E-state index in [1.165, 1.54) is 13.0 Å². The molecule has 0 spiro atoms. The number of halogens is 2. The molecule has 0 heterocycles. The molecule has 0 aliphatic rings. The molecule has 9 heteroatoms. The Labute approximate surface area is 164 Å². The third-order valence-corrected chi connectivity index (χ3v) is 4.09. The lowest BCUT2D eigenvalue weighted by molar-refractivity contribution is -0.387. The second kappa shape index (κ2) is 9.09. The van der Waals surface area contributed by atoms with Gasteiger partial charge in [-0.15, -0.1) is 0 Å². The highest BCUT2D eigenvalue weighted by Crippen LogP contribution is 2.22. The molecule has 0 saturated carbocycles. The number of benzene rings is 2. The topological polar surface area (TPSA) is 98.5 Å². The number of esters is 1. The number of hydrogen-bond acceptors (Lipinski definition) is 5. The summed E-state index contributed by atoms with van der Waals surface area (Å²) in [7, 11) is 0. The van der Waals surface area contributed by atoms with Gasteiger partial charge in [-0.2, -0.15) is 4.39 Å². The van der Waals surface area contributed by atoms with Crippen LogP contribution in [0, 0.1) is 22.9 Å². The Balaban J connectivity index is 1.97. The van der Waals surface area contributed by atoms with Crippen molar-refractivity contribution in [2.75, 3.05) is 5.32 Å². The third-order valence-electron chi connectivity index (χ3n) is 3.68. The molecule has 0 unspecified atom stereocenters. The molecule has 146 valence electrons. The number of carbonyl (C=O) groups excluding carboxylic acids is 2. The number of nitrogens with zero attached hydrogens (tertiary/aromatic N) is 1. The molecule has 0 bridgehead atoms. The summed E-state index contributed by atoms with van der Waals surface area (Å²) in [6, 6.07) is 8.14. The summed E-state index contributed by atoms with van der Waals surface area (Å²) in [6.07, 6.45) is 1.46. The number of ether oxygens (including phenoxy) is 1. The molecule has 2 rings (SSSR count). The second-order valence-corrected chi connectivity index (χ2v) is 6.24. The summed E-state index contributed by atoms with van der Waals surface area (Å²) in [5, 5.41) is 13.6. The monoisotopic (exact) mass is 406 g/mol. The van der Waals surface area contributed by atoms with Crippen LogP contribution in [-0.4, -0.2) is 22.9 Å². The lowest BCUT2D eigenvalue weighted by Crippen LogP contribution is -2.29. The first-order valence-electron chi connectivity index (χ1n) is 8.07. The number of anilines is 1. The van der Waals surface area contributed by atoms with Gasteiger partial charge in [-0.1, -0.05) is 23.7 Å². The van der Waals surface area contributed by atoms with E-state index in [-0.39, 0.29) is 5.69 Å². The second-order valence-electron chi connectivity index (χ2n) is 5.83. The lowest BCUT2D eigenvalue weighted by atomic mass is 10.1. The number of carbonyl (C=O) groups is 2. The maximum Gasteiger partial charge on any atom is 0.331 e. The minimum absolute atomic E-state index is 0.00541. The van der Waals surface area contributed by atoms with Crippen molar-refractivity contribution in [1.82, 2.24) is 0 Å². The number of rotatable bonds is 6. The minimum Gasteiger partial charge on any atom is -0.449 e. The van der Waals surface area contributed by atoms with Crippen molar-refractivity contribution < 1.29 is 23.6 Å². The summed E-state index contributed by atoms with van der Waals surface area (Å²) in [5.41, 5.74) is 0.809. The zero-order valence-corrected chi connectivity index (χ0v) is 15.7. The van der Waals surface area contributed by atoms with Crippen LogP contribution in [0.2, 0.25) is 5.02 Å². The fraction of sp³-hybridized carbons (Fsp3) is 0.158. The van der Waals surface area contributed by atoms with Crippen LogP contribution in [0.25, 0.3) is 6.08 Å². The Bertz CT molecular complexity index is 961. The van der Waals surface area contributed by atoms with Crippen LogP contribution < -0.4 is 5.32 Å². The Kier molecular flexibility index (Phi) is 6.84. The van der Waals surface area contributed by atoms with Gasteiger partial charge in [-0.05, 0) is 49.2 Å². The molecule has 0 radical (unpaired) electrons. The van der Waals surface area contributed by atoms with Crippen molar-refractivity contribution in [3.05, 3.63) is 74.6 Å². The van der Waals surface area contributed by atoms with E-state index < -0.39 is 34.4 Å². The number of nitro groups is 1. The fourth-order valence-corrected chi connectivity index (χ4v) is 2.31. The predicted octanol–water partition coefficient (Wildman–Crippen LogP) is 4.28. The fourth-order valence-electron chi connectivity index (χ4n) is 2.12. The van der Waals surface area contributed by atoms with E-state index in [1.807, 2.05) is 6.92 Å². The maximum atomic E-state index is 13.3. The van der Waals surface area contributed by atoms with Gasteiger partial charge in [0.15, 0.2) is 6.10 Å². The van der Waals surface area contributed by atoms with Gasteiger partial charge in [-0.25, -0.2) is 4.79 Å². The molecule has 1 amide bonds. The van der Waals surface area contributed by atoms with Gasteiger partial charge in [0.1, 0.15) is 0 Å². The average molecular weight is 407 g/mol. The van der Waals surface area contributed by atoms with Gasteiger partial charge < -0.3 is 10.1 Å². The van der Waals surface area contributed by atoms with Crippen molar-refractivity contribution in [2.45, 2.75) is 20.0 Å². The van der Waals surface area contributed by atoms with Crippen LogP contribution in [0.5, 0.6) is 0 Å². The van der Waals surface area contributed by atoms with Gasteiger partial charge in [-0.3, -0.25) is 14.9 Å². The molecule has 1 N–H and O–H groups in total.